The van der Waals surface area contributed by atoms with Crippen molar-refractivity contribution in [2.75, 3.05) is 12.9 Å². The van der Waals surface area contributed by atoms with Crippen molar-refractivity contribution in [1.29, 1.82) is 0 Å². The van der Waals surface area contributed by atoms with Crippen molar-refractivity contribution in [3.63, 3.8) is 0 Å². The summed E-state index contributed by atoms with van der Waals surface area (Å²) in [4.78, 5) is 28.3. The average Bonchev–Trinajstić information content (AvgIpc) is 2.36. The Morgan fingerprint density at radius 3 is 2.67 bits per heavy atom. The van der Waals surface area contributed by atoms with Crippen molar-refractivity contribution in [1.82, 2.24) is 4.98 Å². The lowest BCUT2D eigenvalue weighted by Gasteiger charge is -2.06. The number of nitrogens with zero attached hydrogens (tertiary/aromatic N) is 3. The third-order valence-corrected chi connectivity index (χ3v) is 3.21. The fourth-order valence-electron chi connectivity index (χ4n) is 1.33. The minimum absolute atomic E-state index is 0.0483. The van der Waals surface area contributed by atoms with Crippen LogP contribution in [-0.4, -0.2) is 48.0 Å². The summed E-state index contributed by atoms with van der Waals surface area (Å²) in [7, 11) is -3.75. The summed E-state index contributed by atoms with van der Waals surface area (Å²) in [6, 6.07) is 0.979. The molecule has 11 heteroatoms. The lowest BCUT2D eigenvalue weighted by molar-refractivity contribution is -0.385. The van der Waals surface area contributed by atoms with Crippen LogP contribution in [0, 0.1) is 10.1 Å². The number of hydrogen-bond acceptors (Lipinski definition) is 8. The summed E-state index contributed by atoms with van der Waals surface area (Å²) in [5.74, 6) is -1.27. The van der Waals surface area contributed by atoms with Gasteiger partial charge in [0.15, 0.2) is 14.9 Å². The maximum absolute atomic E-state index is 11.6. The average molecular weight is 317 g/mol. The van der Waals surface area contributed by atoms with Gasteiger partial charge in [-0.25, -0.2) is 18.2 Å². The van der Waals surface area contributed by atoms with Gasteiger partial charge < -0.3 is 9.94 Å². The quantitative estimate of drug-likeness (QED) is 0.444. The zero-order valence-electron chi connectivity index (χ0n) is 11.0. The van der Waals surface area contributed by atoms with Gasteiger partial charge in [-0.15, -0.1) is 0 Å². The molecule has 0 bridgehead atoms. The van der Waals surface area contributed by atoms with E-state index in [2.05, 4.69) is 15.0 Å². The van der Waals surface area contributed by atoms with E-state index in [1.54, 1.807) is 0 Å². The third kappa shape index (κ3) is 4.49. The molecule has 0 spiro atoms. The maximum atomic E-state index is 11.6. The van der Waals surface area contributed by atoms with E-state index >= 15 is 0 Å². The summed E-state index contributed by atoms with van der Waals surface area (Å²) in [6.45, 7) is 0.588. The van der Waals surface area contributed by atoms with Crippen molar-refractivity contribution >= 4 is 27.2 Å². The van der Waals surface area contributed by atoms with Gasteiger partial charge in [0.1, 0.15) is 6.20 Å². The van der Waals surface area contributed by atoms with Crippen LogP contribution in [0.4, 0.5) is 5.69 Å². The number of carboxylic acid groups (broad SMARTS) is 1. The topological polar surface area (TPSA) is 149 Å². The highest BCUT2D eigenvalue weighted by atomic mass is 32.2. The van der Waals surface area contributed by atoms with Crippen LogP contribution in [0.15, 0.2) is 22.4 Å². The van der Waals surface area contributed by atoms with Gasteiger partial charge in [-0.3, -0.25) is 10.1 Å². The number of carboxylic acids is 1. The molecule has 0 fully saturated rings. The molecule has 0 amide bonds. The molecule has 1 N–H and O–H groups in total. The van der Waals surface area contributed by atoms with Gasteiger partial charge in [-0.1, -0.05) is 5.16 Å². The van der Waals surface area contributed by atoms with Gasteiger partial charge in [0.2, 0.25) is 6.61 Å². The highest BCUT2D eigenvalue weighted by Crippen LogP contribution is 2.20. The van der Waals surface area contributed by atoms with Crippen LogP contribution in [0.5, 0.6) is 0 Å². The molecule has 0 aliphatic rings. The molecule has 0 aliphatic heterocycles. The number of sulfone groups is 1. The predicted molar refractivity (Wildman–Crippen MR) is 69.8 cm³/mol. The lowest BCUT2D eigenvalue weighted by atomic mass is 10.2. The van der Waals surface area contributed by atoms with Crippen molar-refractivity contribution in [2.45, 2.75) is 11.9 Å². The molecular weight excluding hydrogens is 306 g/mol. The van der Waals surface area contributed by atoms with E-state index in [4.69, 9.17) is 5.11 Å². The molecule has 1 heterocycles. The van der Waals surface area contributed by atoms with E-state index < -0.39 is 38.1 Å². The normalized spacial score (nSPS) is 12.0. The second-order valence-corrected chi connectivity index (χ2v) is 5.85. The Labute approximate surface area is 119 Å². The predicted octanol–water partition coefficient (Wildman–Crippen LogP) is 0.219. The number of carbonyl (C=O) groups is 1. The van der Waals surface area contributed by atoms with Crippen LogP contribution in [0.3, 0.4) is 0 Å². The molecule has 0 saturated carbocycles. The number of rotatable bonds is 6. The van der Waals surface area contributed by atoms with E-state index in [1.165, 1.54) is 6.92 Å². The van der Waals surface area contributed by atoms with E-state index in [1.807, 2.05) is 0 Å². The number of pyridine rings is 1. The molecule has 0 aliphatic carbocycles. The van der Waals surface area contributed by atoms with Crippen LogP contribution in [0.1, 0.15) is 12.5 Å². The first-order valence-corrected chi connectivity index (χ1v) is 7.25. The molecule has 114 valence electrons. The first-order chi connectivity index (χ1) is 9.62. The molecule has 0 unspecified atom stereocenters. The molecule has 21 heavy (non-hydrogen) atoms. The van der Waals surface area contributed by atoms with Gasteiger partial charge in [0.25, 0.3) is 5.69 Å². The molecule has 0 aromatic carbocycles. The Kier molecular flexibility index (Phi) is 4.92. The van der Waals surface area contributed by atoms with Crippen molar-refractivity contribution in [3.05, 3.63) is 27.9 Å². The Bertz CT molecular complexity index is 711. The van der Waals surface area contributed by atoms with Crippen molar-refractivity contribution in [3.8, 4) is 0 Å². The minimum atomic E-state index is -3.75. The van der Waals surface area contributed by atoms with Crippen LogP contribution in [-0.2, 0) is 19.5 Å². The molecule has 0 atom stereocenters. The molecule has 10 nitrogen and oxygen atoms in total. The fraction of sp³-hybridized carbons (Fsp3) is 0.300. The van der Waals surface area contributed by atoms with Gasteiger partial charge in [-0.05, 0) is 6.92 Å². The summed E-state index contributed by atoms with van der Waals surface area (Å²) < 4.78 is 23.2. The number of oxime groups is 1. The van der Waals surface area contributed by atoms with Crippen LogP contribution < -0.4 is 0 Å². The lowest BCUT2D eigenvalue weighted by Crippen LogP contribution is -2.11. The van der Waals surface area contributed by atoms with Crippen LogP contribution in [0.25, 0.3) is 0 Å². The molecule has 1 rings (SSSR count). The Morgan fingerprint density at radius 2 is 2.19 bits per heavy atom. The smallest absolute Gasteiger partial charge is 0.344 e. The molecule has 0 saturated heterocycles. The van der Waals surface area contributed by atoms with Crippen molar-refractivity contribution < 1.29 is 28.1 Å². The Balaban J connectivity index is 3.32. The van der Waals surface area contributed by atoms with E-state index in [9.17, 15) is 23.3 Å². The highest BCUT2D eigenvalue weighted by Gasteiger charge is 2.21. The highest BCUT2D eigenvalue weighted by molar-refractivity contribution is 7.90. The van der Waals surface area contributed by atoms with E-state index in [0.29, 0.717) is 0 Å². The largest absolute Gasteiger partial charge is 0.479 e. The number of nitro groups is 1. The second-order valence-electron chi connectivity index (χ2n) is 3.92. The van der Waals surface area contributed by atoms with Crippen molar-refractivity contribution in [2.24, 2.45) is 5.16 Å². The van der Waals surface area contributed by atoms with Crippen LogP contribution >= 0.6 is 0 Å². The fourth-order valence-corrected chi connectivity index (χ4v) is 2.18. The Morgan fingerprint density at radius 1 is 1.57 bits per heavy atom. The van der Waals surface area contributed by atoms with Gasteiger partial charge >= 0.3 is 5.97 Å². The van der Waals surface area contributed by atoms with Crippen LogP contribution in [0.2, 0.25) is 0 Å². The molecule has 1 aromatic rings. The van der Waals surface area contributed by atoms with Gasteiger partial charge in [-0.2, -0.15) is 0 Å². The molecular formula is C10H11N3O7S. The minimum Gasteiger partial charge on any atom is -0.479 e. The number of aliphatic carboxylic acids is 1. The zero-order chi connectivity index (χ0) is 16.2. The summed E-state index contributed by atoms with van der Waals surface area (Å²) in [5, 5.41) is 22.1. The number of aromatic nitrogens is 1. The third-order valence-electron chi connectivity index (χ3n) is 2.18. The molecule has 1 aromatic heterocycles. The van der Waals surface area contributed by atoms with Gasteiger partial charge in [0, 0.05) is 17.9 Å². The number of hydrogen-bond donors (Lipinski definition) is 1. The van der Waals surface area contributed by atoms with Gasteiger partial charge in [0.05, 0.1) is 10.6 Å². The summed E-state index contributed by atoms with van der Waals surface area (Å²) in [5.41, 5.74) is -0.602. The first-order valence-electron chi connectivity index (χ1n) is 5.36. The summed E-state index contributed by atoms with van der Waals surface area (Å²) >= 11 is 0. The SMILES string of the molecule is C/C(=N\OCC(=O)O)c1cc([N+](=O)[O-])cnc1S(C)(=O)=O. The summed E-state index contributed by atoms with van der Waals surface area (Å²) in [6.07, 6.45) is 1.70. The zero-order valence-corrected chi connectivity index (χ0v) is 11.8. The standard InChI is InChI=1S/C10H11N3O7S/c1-6(12-20-5-9(14)15)8-3-7(13(16)17)4-11-10(8)21(2,18)19/h3-4H,5H2,1-2H3,(H,14,15)/b12-6+. The molecule has 0 radical (unpaired) electrons. The Hall–Kier alpha value is -2.56. The van der Waals surface area contributed by atoms with E-state index in [0.717, 1.165) is 18.5 Å². The maximum Gasteiger partial charge on any atom is 0.344 e. The van der Waals surface area contributed by atoms with E-state index in [-0.39, 0.29) is 11.3 Å². The second kappa shape index (κ2) is 6.26. The monoisotopic (exact) mass is 317 g/mol. The first kappa shape index (κ1) is 16.5.